The third kappa shape index (κ3) is 3.09. The van der Waals surface area contributed by atoms with Gasteiger partial charge >= 0.3 is 0 Å². The summed E-state index contributed by atoms with van der Waals surface area (Å²) in [5, 5.41) is 0. The highest BCUT2D eigenvalue weighted by Gasteiger charge is 2.22. The van der Waals surface area contributed by atoms with Crippen molar-refractivity contribution in [2.45, 2.75) is 58.8 Å². The Kier molecular flexibility index (Phi) is 3.74. The van der Waals surface area contributed by atoms with E-state index in [2.05, 4.69) is 0 Å². The topological polar surface area (TPSA) is 0 Å². The third-order valence-corrected chi connectivity index (χ3v) is 3.67. The van der Waals surface area contributed by atoms with E-state index in [4.69, 9.17) is 0 Å². The summed E-state index contributed by atoms with van der Waals surface area (Å²) in [6.45, 7) is 6.14. The maximum atomic E-state index is 13.8. The Balaban J connectivity index is 2.33. The standard InChI is InChI=1S/C16H22F2/c1-16(2,3)10-13-8-12(9-14(17)15(13)18)11-6-4-5-7-11/h8-9,11H,4-7,10H2,1-3H3. The first-order valence-corrected chi connectivity index (χ1v) is 6.84. The molecular weight excluding hydrogens is 230 g/mol. The van der Waals surface area contributed by atoms with Gasteiger partial charge in [0.1, 0.15) is 0 Å². The molecule has 0 radical (unpaired) electrons. The summed E-state index contributed by atoms with van der Waals surface area (Å²) in [4.78, 5) is 0. The lowest BCUT2D eigenvalue weighted by Crippen LogP contribution is -2.12. The van der Waals surface area contributed by atoms with Gasteiger partial charge in [-0.2, -0.15) is 0 Å². The second-order valence-corrected chi connectivity index (χ2v) is 6.69. The van der Waals surface area contributed by atoms with Crippen LogP contribution in [0, 0.1) is 17.0 Å². The molecule has 2 rings (SSSR count). The minimum absolute atomic E-state index is 0.0262. The van der Waals surface area contributed by atoms with Crippen molar-refractivity contribution >= 4 is 0 Å². The molecule has 1 saturated carbocycles. The summed E-state index contributed by atoms with van der Waals surface area (Å²) in [6, 6.07) is 3.29. The van der Waals surface area contributed by atoms with E-state index >= 15 is 0 Å². The first kappa shape index (κ1) is 13.5. The summed E-state index contributed by atoms with van der Waals surface area (Å²) >= 11 is 0. The van der Waals surface area contributed by atoms with Crippen molar-refractivity contribution in [2.75, 3.05) is 0 Å². The quantitative estimate of drug-likeness (QED) is 0.677. The Hall–Kier alpha value is -0.920. The predicted molar refractivity (Wildman–Crippen MR) is 70.7 cm³/mol. The lowest BCUT2D eigenvalue weighted by Gasteiger charge is -2.20. The van der Waals surface area contributed by atoms with Crippen LogP contribution in [0.4, 0.5) is 8.78 Å². The summed E-state index contributed by atoms with van der Waals surface area (Å²) < 4.78 is 27.5. The van der Waals surface area contributed by atoms with Crippen LogP contribution in [0.25, 0.3) is 0 Å². The van der Waals surface area contributed by atoms with E-state index in [1.807, 2.05) is 26.8 Å². The van der Waals surface area contributed by atoms with Gasteiger partial charge in [-0.25, -0.2) is 8.78 Å². The zero-order chi connectivity index (χ0) is 13.3. The van der Waals surface area contributed by atoms with Gasteiger partial charge in [-0.1, -0.05) is 39.7 Å². The SMILES string of the molecule is CC(C)(C)Cc1cc(C2CCCC2)cc(F)c1F. The van der Waals surface area contributed by atoms with Crippen molar-refractivity contribution < 1.29 is 8.78 Å². The zero-order valence-electron chi connectivity index (χ0n) is 11.5. The van der Waals surface area contributed by atoms with E-state index in [0.717, 1.165) is 18.4 Å². The van der Waals surface area contributed by atoms with Crippen LogP contribution in [0.3, 0.4) is 0 Å². The van der Waals surface area contributed by atoms with Crippen molar-refractivity contribution in [3.05, 3.63) is 34.9 Å². The van der Waals surface area contributed by atoms with E-state index in [9.17, 15) is 8.78 Å². The molecule has 0 spiro atoms. The summed E-state index contributed by atoms with van der Waals surface area (Å²) in [7, 11) is 0. The lowest BCUT2D eigenvalue weighted by molar-refractivity contribution is 0.394. The van der Waals surface area contributed by atoms with Gasteiger partial charge in [0.05, 0.1) is 0 Å². The van der Waals surface area contributed by atoms with Crippen molar-refractivity contribution in [3.63, 3.8) is 0 Å². The first-order chi connectivity index (χ1) is 8.37. The van der Waals surface area contributed by atoms with Gasteiger partial charge in [-0.3, -0.25) is 0 Å². The van der Waals surface area contributed by atoms with Gasteiger partial charge in [-0.05, 0) is 47.8 Å². The van der Waals surface area contributed by atoms with Crippen LogP contribution in [-0.2, 0) is 6.42 Å². The molecule has 2 heteroatoms. The molecule has 1 aromatic rings. The van der Waals surface area contributed by atoms with E-state index in [0.29, 0.717) is 17.9 Å². The second-order valence-electron chi connectivity index (χ2n) is 6.69. The van der Waals surface area contributed by atoms with Crippen LogP contribution in [-0.4, -0.2) is 0 Å². The number of benzene rings is 1. The van der Waals surface area contributed by atoms with Crippen molar-refractivity contribution in [1.82, 2.24) is 0 Å². The largest absolute Gasteiger partial charge is 0.204 e. The van der Waals surface area contributed by atoms with Crippen molar-refractivity contribution in [2.24, 2.45) is 5.41 Å². The average Bonchev–Trinajstić information content (AvgIpc) is 2.75. The smallest absolute Gasteiger partial charge is 0.162 e. The van der Waals surface area contributed by atoms with Gasteiger partial charge in [0, 0.05) is 0 Å². The second kappa shape index (κ2) is 4.99. The molecule has 0 nitrogen and oxygen atoms in total. The molecule has 0 bridgehead atoms. The van der Waals surface area contributed by atoms with Crippen molar-refractivity contribution in [3.8, 4) is 0 Å². The number of halogens is 2. The van der Waals surface area contributed by atoms with E-state index in [1.54, 1.807) is 0 Å². The molecule has 1 aromatic carbocycles. The highest BCUT2D eigenvalue weighted by molar-refractivity contribution is 5.30. The predicted octanol–water partition coefficient (Wildman–Crippen LogP) is 5.21. The zero-order valence-corrected chi connectivity index (χ0v) is 11.5. The first-order valence-electron chi connectivity index (χ1n) is 6.84. The Morgan fingerprint density at radius 1 is 1.11 bits per heavy atom. The van der Waals surface area contributed by atoms with E-state index in [1.165, 1.54) is 18.9 Å². The maximum absolute atomic E-state index is 13.8. The molecule has 0 amide bonds. The molecule has 18 heavy (non-hydrogen) atoms. The summed E-state index contributed by atoms with van der Waals surface area (Å²) in [6.07, 6.45) is 5.22. The highest BCUT2D eigenvalue weighted by Crippen LogP contribution is 2.36. The highest BCUT2D eigenvalue weighted by atomic mass is 19.2. The molecule has 0 heterocycles. The third-order valence-electron chi connectivity index (χ3n) is 3.67. The Bertz CT molecular complexity index is 423. The number of hydrogen-bond donors (Lipinski definition) is 0. The number of hydrogen-bond acceptors (Lipinski definition) is 0. The minimum atomic E-state index is -0.682. The summed E-state index contributed by atoms with van der Waals surface area (Å²) in [5.74, 6) is -0.913. The fraction of sp³-hybridized carbons (Fsp3) is 0.625. The van der Waals surface area contributed by atoms with Gasteiger partial charge in [0.15, 0.2) is 11.6 Å². The minimum Gasteiger partial charge on any atom is -0.204 e. The van der Waals surface area contributed by atoms with Crippen LogP contribution in [0.2, 0.25) is 0 Å². The van der Waals surface area contributed by atoms with Gasteiger partial charge in [0.25, 0.3) is 0 Å². The van der Waals surface area contributed by atoms with Crippen LogP contribution < -0.4 is 0 Å². The normalized spacial score (nSPS) is 17.4. The molecule has 0 N–H and O–H groups in total. The van der Waals surface area contributed by atoms with Crippen LogP contribution >= 0.6 is 0 Å². The summed E-state index contributed by atoms with van der Waals surface area (Å²) in [5.41, 5.74) is 1.50. The lowest BCUT2D eigenvalue weighted by atomic mass is 9.86. The molecule has 1 aliphatic carbocycles. The maximum Gasteiger partial charge on any atom is 0.162 e. The molecule has 0 unspecified atom stereocenters. The molecule has 100 valence electrons. The van der Waals surface area contributed by atoms with Crippen LogP contribution in [0.1, 0.15) is 63.5 Å². The van der Waals surface area contributed by atoms with Crippen LogP contribution in [0.15, 0.2) is 12.1 Å². The van der Waals surface area contributed by atoms with Crippen LogP contribution in [0.5, 0.6) is 0 Å². The molecule has 1 aliphatic rings. The fourth-order valence-electron chi connectivity index (χ4n) is 2.86. The molecular formula is C16H22F2. The average molecular weight is 252 g/mol. The molecule has 0 saturated heterocycles. The molecule has 0 aromatic heterocycles. The van der Waals surface area contributed by atoms with E-state index < -0.39 is 11.6 Å². The molecule has 0 aliphatic heterocycles. The van der Waals surface area contributed by atoms with Gasteiger partial charge in [-0.15, -0.1) is 0 Å². The fourth-order valence-corrected chi connectivity index (χ4v) is 2.86. The molecule has 0 atom stereocenters. The Morgan fingerprint density at radius 2 is 1.72 bits per heavy atom. The van der Waals surface area contributed by atoms with Crippen molar-refractivity contribution in [1.29, 1.82) is 0 Å². The number of rotatable bonds is 2. The van der Waals surface area contributed by atoms with Gasteiger partial charge < -0.3 is 0 Å². The monoisotopic (exact) mass is 252 g/mol. The Morgan fingerprint density at radius 3 is 2.28 bits per heavy atom. The molecule has 1 fully saturated rings. The van der Waals surface area contributed by atoms with E-state index in [-0.39, 0.29) is 5.41 Å². The Labute approximate surface area is 108 Å². The van der Waals surface area contributed by atoms with Gasteiger partial charge in [0.2, 0.25) is 0 Å².